The summed E-state index contributed by atoms with van der Waals surface area (Å²) >= 11 is 0. The molecule has 0 aromatic carbocycles. The highest BCUT2D eigenvalue weighted by atomic mass is 16.4. The number of hydrogen-bond donors (Lipinski definition) is 2. The van der Waals surface area contributed by atoms with Crippen molar-refractivity contribution in [2.75, 3.05) is 19.6 Å². The molecule has 0 spiro atoms. The van der Waals surface area contributed by atoms with Crippen LogP contribution in [0.1, 0.15) is 59.3 Å². The fourth-order valence-corrected chi connectivity index (χ4v) is 2.93. The molecule has 1 aliphatic heterocycles. The Bertz CT molecular complexity index is 281. The minimum absolute atomic E-state index is 0.570. The van der Waals surface area contributed by atoms with Crippen molar-refractivity contribution in [3.05, 3.63) is 0 Å². The quantitative estimate of drug-likeness (QED) is 0.711. The summed E-state index contributed by atoms with van der Waals surface area (Å²) in [4.78, 5) is 14.0. The molecule has 0 saturated carbocycles. The van der Waals surface area contributed by atoms with Gasteiger partial charge in [-0.15, -0.1) is 0 Å². The fourth-order valence-electron chi connectivity index (χ4n) is 2.93. The first-order valence-electron chi connectivity index (χ1n) is 7.76. The lowest BCUT2D eigenvalue weighted by Crippen LogP contribution is -2.59. The van der Waals surface area contributed by atoms with Crippen molar-refractivity contribution in [3.63, 3.8) is 0 Å². The SMILES string of the molecule is CCCNC(C)(CN1CCCCC1CCC)C(=O)O. The highest BCUT2D eigenvalue weighted by Crippen LogP contribution is 2.23. The van der Waals surface area contributed by atoms with Crippen LogP contribution in [0.3, 0.4) is 0 Å². The molecule has 0 bridgehead atoms. The van der Waals surface area contributed by atoms with E-state index >= 15 is 0 Å². The Morgan fingerprint density at radius 2 is 2.11 bits per heavy atom. The first-order valence-corrected chi connectivity index (χ1v) is 7.76. The van der Waals surface area contributed by atoms with E-state index in [1.165, 1.54) is 32.1 Å². The van der Waals surface area contributed by atoms with Gasteiger partial charge in [0.1, 0.15) is 5.54 Å². The van der Waals surface area contributed by atoms with E-state index in [-0.39, 0.29) is 0 Å². The molecule has 1 saturated heterocycles. The van der Waals surface area contributed by atoms with Crippen molar-refractivity contribution in [1.29, 1.82) is 0 Å². The van der Waals surface area contributed by atoms with E-state index in [2.05, 4.69) is 24.1 Å². The van der Waals surface area contributed by atoms with Crippen LogP contribution in [0.15, 0.2) is 0 Å². The Morgan fingerprint density at radius 3 is 2.68 bits per heavy atom. The second-order valence-corrected chi connectivity index (χ2v) is 5.97. The average molecular weight is 270 g/mol. The number of carboxylic acid groups (broad SMARTS) is 1. The van der Waals surface area contributed by atoms with Gasteiger partial charge in [-0.2, -0.15) is 0 Å². The average Bonchev–Trinajstić information content (AvgIpc) is 2.39. The van der Waals surface area contributed by atoms with E-state index in [9.17, 15) is 9.90 Å². The molecule has 1 aliphatic rings. The molecule has 2 atom stereocenters. The van der Waals surface area contributed by atoms with Crippen LogP contribution < -0.4 is 5.32 Å². The number of hydrogen-bond acceptors (Lipinski definition) is 3. The highest BCUT2D eigenvalue weighted by Gasteiger charge is 2.36. The van der Waals surface area contributed by atoms with E-state index in [0.29, 0.717) is 12.6 Å². The van der Waals surface area contributed by atoms with Crippen molar-refractivity contribution in [2.24, 2.45) is 0 Å². The minimum atomic E-state index is -0.820. The van der Waals surface area contributed by atoms with Crippen LogP contribution in [0.25, 0.3) is 0 Å². The summed E-state index contributed by atoms with van der Waals surface area (Å²) in [5.41, 5.74) is -0.820. The molecule has 1 fully saturated rings. The van der Waals surface area contributed by atoms with Crippen LogP contribution in [0.5, 0.6) is 0 Å². The van der Waals surface area contributed by atoms with Crippen LogP contribution in [0.2, 0.25) is 0 Å². The lowest BCUT2D eigenvalue weighted by Gasteiger charge is -2.40. The number of rotatable bonds is 8. The summed E-state index contributed by atoms with van der Waals surface area (Å²) in [6.07, 6.45) is 7.02. The number of likely N-dealkylation sites (tertiary alicyclic amines) is 1. The summed E-state index contributed by atoms with van der Waals surface area (Å²) in [6.45, 7) is 8.51. The van der Waals surface area contributed by atoms with Gasteiger partial charge in [-0.1, -0.05) is 26.7 Å². The Hall–Kier alpha value is -0.610. The van der Waals surface area contributed by atoms with Gasteiger partial charge in [0.15, 0.2) is 0 Å². The maximum atomic E-state index is 11.6. The van der Waals surface area contributed by atoms with Crippen molar-refractivity contribution < 1.29 is 9.90 Å². The van der Waals surface area contributed by atoms with E-state index < -0.39 is 11.5 Å². The summed E-state index contributed by atoms with van der Waals surface area (Å²) < 4.78 is 0. The number of aliphatic carboxylic acids is 1. The molecule has 0 aliphatic carbocycles. The van der Waals surface area contributed by atoms with Gasteiger partial charge in [-0.3, -0.25) is 9.69 Å². The summed E-state index contributed by atoms with van der Waals surface area (Å²) in [6, 6.07) is 0.570. The number of carboxylic acids is 1. The molecule has 2 N–H and O–H groups in total. The highest BCUT2D eigenvalue weighted by molar-refractivity contribution is 5.78. The van der Waals surface area contributed by atoms with Gasteiger partial charge in [-0.05, 0) is 45.7 Å². The Kier molecular flexibility index (Phi) is 6.80. The molecule has 4 heteroatoms. The van der Waals surface area contributed by atoms with E-state index in [1.807, 2.05) is 6.92 Å². The first kappa shape index (κ1) is 16.4. The molecule has 0 aromatic heterocycles. The van der Waals surface area contributed by atoms with Gasteiger partial charge in [-0.25, -0.2) is 0 Å². The summed E-state index contributed by atoms with van der Waals surface area (Å²) in [7, 11) is 0. The molecule has 4 nitrogen and oxygen atoms in total. The van der Waals surface area contributed by atoms with Crippen LogP contribution in [-0.2, 0) is 4.79 Å². The van der Waals surface area contributed by atoms with Crippen LogP contribution in [0, 0.1) is 0 Å². The van der Waals surface area contributed by atoms with Gasteiger partial charge in [0.2, 0.25) is 0 Å². The van der Waals surface area contributed by atoms with Crippen molar-refractivity contribution in [2.45, 2.75) is 70.9 Å². The Balaban J connectivity index is 2.67. The minimum Gasteiger partial charge on any atom is -0.480 e. The fraction of sp³-hybridized carbons (Fsp3) is 0.933. The molecule has 1 rings (SSSR count). The predicted octanol–water partition coefficient (Wildman–Crippen LogP) is 2.48. The zero-order valence-electron chi connectivity index (χ0n) is 12.7. The topological polar surface area (TPSA) is 52.6 Å². The molecule has 0 amide bonds. The van der Waals surface area contributed by atoms with Gasteiger partial charge in [0.05, 0.1) is 0 Å². The van der Waals surface area contributed by atoms with Gasteiger partial charge in [0.25, 0.3) is 0 Å². The monoisotopic (exact) mass is 270 g/mol. The van der Waals surface area contributed by atoms with Crippen molar-refractivity contribution in [3.8, 4) is 0 Å². The second-order valence-electron chi connectivity index (χ2n) is 5.97. The number of carbonyl (C=O) groups is 1. The summed E-state index contributed by atoms with van der Waals surface area (Å²) in [5, 5.41) is 12.7. The van der Waals surface area contributed by atoms with E-state index in [0.717, 1.165) is 19.5 Å². The summed E-state index contributed by atoms with van der Waals surface area (Å²) in [5.74, 6) is -0.734. The predicted molar refractivity (Wildman–Crippen MR) is 78.5 cm³/mol. The van der Waals surface area contributed by atoms with Crippen molar-refractivity contribution >= 4 is 5.97 Å². The molecule has 112 valence electrons. The van der Waals surface area contributed by atoms with Crippen LogP contribution >= 0.6 is 0 Å². The molecule has 1 heterocycles. The number of piperidine rings is 1. The third kappa shape index (κ3) is 4.77. The second kappa shape index (κ2) is 7.85. The maximum Gasteiger partial charge on any atom is 0.324 e. The number of nitrogens with zero attached hydrogens (tertiary/aromatic N) is 1. The smallest absolute Gasteiger partial charge is 0.324 e. The maximum absolute atomic E-state index is 11.6. The zero-order valence-corrected chi connectivity index (χ0v) is 12.7. The number of nitrogens with one attached hydrogen (secondary N) is 1. The zero-order chi connectivity index (χ0) is 14.3. The molecule has 2 unspecified atom stereocenters. The Morgan fingerprint density at radius 1 is 1.37 bits per heavy atom. The van der Waals surface area contributed by atoms with Crippen LogP contribution in [0.4, 0.5) is 0 Å². The van der Waals surface area contributed by atoms with Gasteiger partial charge < -0.3 is 10.4 Å². The lowest BCUT2D eigenvalue weighted by atomic mass is 9.94. The van der Waals surface area contributed by atoms with Gasteiger partial charge in [0, 0.05) is 12.6 Å². The third-order valence-corrected chi connectivity index (χ3v) is 4.13. The van der Waals surface area contributed by atoms with Gasteiger partial charge >= 0.3 is 5.97 Å². The standard InChI is InChI=1S/C15H30N2O2/c1-4-8-13-9-6-7-11-17(13)12-15(3,14(18)19)16-10-5-2/h13,16H,4-12H2,1-3H3,(H,18,19). The third-order valence-electron chi connectivity index (χ3n) is 4.13. The first-order chi connectivity index (χ1) is 9.03. The van der Waals surface area contributed by atoms with E-state index in [1.54, 1.807) is 0 Å². The lowest BCUT2D eigenvalue weighted by molar-refractivity contribution is -0.145. The molecule has 0 aromatic rings. The molecule has 19 heavy (non-hydrogen) atoms. The molecular weight excluding hydrogens is 240 g/mol. The van der Waals surface area contributed by atoms with Crippen molar-refractivity contribution in [1.82, 2.24) is 10.2 Å². The normalized spacial score (nSPS) is 24.1. The Labute approximate surface area is 117 Å². The molecular formula is C15H30N2O2. The largest absolute Gasteiger partial charge is 0.480 e. The van der Waals surface area contributed by atoms with Crippen LogP contribution in [-0.4, -0.2) is 47.2 Å². The van der Waals surface area contributed by atoms with E-state index in [4.69, 9.17) is 0 Å². The molecule has 0 radical (unpaired) electrons.